The first-order chi connectivity index (χ1) is 14.4. The molecule has 7 heteroatoms. The number of amides is 2. The highest BCUT2D eigenvalue weighted by Crippen LogP contribution is 2.18. The standard InChI is InChI=1S/C23H24N4O3/c1-4-21(28)25-20-13-19(17-8-6-5-7-9-17)26-27(23(20)30)14-22(29)24-18-11-10-15(2)12-16(18)3/h5-13H,4,14H2,1-3H3,(H,24,29)(H,25,28). The van der Waals surface area contributed by atoms with Crippen molar-refractivity contribution < 1.29 is 9.59 Å². The number of benzene rings is 2. The minimum Gasteiger partial charge on any atom is -0.324 e. The van der Waals surface area contributed by atoms with Crippen LogP contribution in [0.5, 0.6) is 0 Å². The minimum absolute atomic E-state index is 0.0926. The Balaban J connectivity index is 1.93. The van der Waals surface area contributed by atoms with Crippen molar-refractivity contribution in [3.05, 3.63) is 76.1 Å². The fraction of sp³-hybridized carbons (Fsp3) is 0.217. The van der Waals surface area contributed by atoms with E-state index in [1.807, 2.05) is 62.4 Å². The Morgan fingerprint density at radius 3 is 2.30 bits per heavy atom. The molecule has 0 spiro atoms. The molecule has 7 nitrogen and oxygen atoms in total. The van der Waals surface area contributed by atoms with Gasteiger partial charge in [0.2, 0.25) is 11.8 Å². The van der Waals surface area contributed by atoms with E-state index in [1.165, 1.54) is 6.07 Å². The molecule has 3 rings (SSSR count). The number of nitrogens with one attached hydrogen (secondary N) is 2. The van der Waals surface area contributed by atoms with Crippen molar-refractivity contribution in [2.75, 3.05) is 10.6 Å². The van der Waals surface area contributed by atoms with Gasteiger partial charge in [-0.3, -0.25) is 14.4 Å². The average molecular weight is 404 g/mol. The summed E-state index contributed by atoms with van der Waals surface area (Å²) < 4.78 is 1.08. The molecule has 0 unspecified atom stereocenters. The SMILES string of the molecule is CCC(=O)Nc1cc(-c2ccccc2)nn(CC(=O)Nc2ccc(C)cc2C)c1=O. The summed E-state index contributed by atoms with van der Waals surface area (Å²) >= 11 is 0. The van der Waals surface area contributed by atoms with Crippen LogP contribution in [0, 0.1) is 13.8 Å². The van der Waals surface area contributed by atoms with Gasteiger partial charge in [-0.15, -0.1) is 0 Å². The van der Waals surface area contributed by atoms with Crippen LogP contribution < -0.4 is 16.2 Å². The number of nitrogens with zero attached hydrogens (tertiary/aromatic N) is 2. The average Bonchev–Trinajstić information content (AvgIpc) is 2.73. The van der Waals surface area contributed by atoms with Gasteiger partial charge in [0.1, 0.15) is 12.2 Å². The minimum atomic E-state index is -0.535. The lowest BCUT2D eigenvalue weighted by molar-refractivity contribution is -0.117. The number of hydrogen-bond donors (Lipinski definition) is 2. The predicted molar refractivity (Wildman–Crippen MR) is 117 cm³/mol. The number of carbonyl (C=O) groups excluding carboxylic acids is 2. The summed E-state index contributed by atoms with van der Waals surface area (Å²) in [6.07, 6.45) is 0.232. The molecule has 0 atom stereocenters. The zero-order valence-electron chi connectivity index (χ0n) is 17.2. The molecule has 0 radical (unpaired) electrons. The van der Waals surface area contributed by atoms with Gasteiger partial charge in [-0.2, -0.15) is 5.10 Å². The molecule has 154 valence electrons. The summed E-state index contributed by atoms with van der Waals surface area (Å²) in [5.74, 6) is -0.668. The van der Waals surface area contributed by atoms with E-state index in [9.17, 15) is 14.4 Å². The molecule has 2 N–H and O–H groups in total. The molecular formula is C23H24N4O3. The van der Waals surface area contributed by atoms with Crippen LogP contribution in [0.4, 0.5) is 11.4 Å². The fourth-order valence-electron chi connectivity index (χ4n) is 3.01. The Bertz CT molecular complexity index is 1140. The second kappa shape index (κ2) is 9.17. The van der Waals surface area contributed by atoms with Crippen LogP contribution in [0.15, 0.2) is 59.4 Å². The molecule has 30 heavy (non-hydrogen) atoms. The third-order valence-corrected chi connectivity index (χ3v) is 4.59. The third kappa shape index (κ3) is 5.00. The summed E-state index contributed by atoms with van der Waals surface area (Å²) in [7, 11) is 0. The van der Waals surface area contributed by atoms with Crippen LogP contribution >= 0.6 is 0 Å². The van der Waals surface area contributed by atoms with Gasteiger partial charge in [-0.1, -0.05) is 55.0 Å². The van der Waals surface area contributed by atoms with E-state index >= 15 is 0 Å². The van der Waals surface area contributed by atoms with Crippen molar-refractivity contribution in [3.63, 3.8) is 0 Å². The van der Waals surface area contributed by atoms with Crippen LogP contribution in [-0.4, -0.2) is 21.6 Å². The lowest BCUT2D eigenvalue weighted by atomic mass is 10.1. The van der Waals surface area contributed by atoms with E-state index in [0.717, 1.165) is 21.4 Å². The molecule has 0 saturated heterocycles. The highest BCUT2D eigenvalue weighted by atomic mass is 16.2. The maximum Gasteiger partial charge on any atom is 0.291 e. The fourth-order valence-corrected chi connectivity index (χ4v) is 3.01. The van der Waals surface area contributed by atoms with Crippen molar-refractivity contribution in [1.82, 2.24) is 9.78 Å². The van der Waals surface area contributed by atoms with Crippen molar-refractivity contribution in [1.29, 1.82) is 0 Å². The highest BCUT2D eigenvalue weighted by molar-refractivity contribution is 5.92. The van der Waals surface area contributed by atoms with E-state index in [2.05, 4.69) is 15.7 Å². The van der Waals surface area contributed by atoms with Gasteiger partial charge in [0.25, 0.3) is 5.56 Å². The second-order valence-corrected chi connectivity index (χ2v) is 7.04. The van der Waals surface area contributed by atoms with Crippen molar-refractivity contribution in [3.8, 4) is 11.3 Å². The van der Waals surface area contributed by atoms with E-state index in [-0.39, 0.29) is 30.5 Å². The lowest BCUT2D eigenvalue weighted by Gasteiger charge is -2.13. The number of aromatic nitrogens is 2. The molecule has 0 saturated carbocycles. The molecule has 1 aromatic heterocycles. The number of rotatable bonds is 6. The van der Waals surface area contributed by atoms with Gasteiger partial charge in [0.15, 0.2) is 0 Å². The molecule has 1 heterocycles. The number of aryl methyl sites for hydroxylation is 2. The Labute approximate surface area is 174 Å². The monoisotopic (exact) mass is 404 g/mol. The van der Waals surface area contributed by atoms with Crippen molar-refractivity contribution in [2.24, 2.45) is 0 Å². The predicted octanol–water partition coefficient (Wildman–Crippen LogP) is 3.51. The first-order valence-electron chi connectivity index (χ1n) is 9.72. The summed E-state index contributed by atoms with van der Waals surface area (Å²) in [6.45, 7) is 5.30. The first kappa shape index (κ1) is 21.0. The number of anilines is 2. The molecule has 2 aromatic carbocycles. The summed E-state index contributed by atoms with van der Waals surface area (Å²) in [5.41, 5.74) is 3.52. The quantitative estimate of drug-likeness (QED) is 0.657. The van der Waals surface area contributed by atoms with Gasteiger partial charge in [-0.05, 0) is 31.5 Å². The topological polar surface area (TPSA) is 93.1 Å². The Morgan fingerprint density at radius 1 is 0.933 bits per heavy atom. The van der Waals surface area contributed by atoms with Gasteiger partial charge in [-0.25, -0.2) is 4.68 Å². The van der Waals surface area contributed by atoms with E-state index < -0.39 is 5.56 Å². The molecule has 0 aliphatic heterocycles. The van der Waals surface area contributed by atoms with Crippen LogP contribution in [0.3, 0.4) is 0 Å². The number of hydrogen-bond acceptors (Lipinski definition) is 4. The molecule has 2 amide bonds. The van der Waals surface area contributed by atoms with Crippen LogP contribution in [0.25, 0.3) is 11.3 Å². The van der Waals surface area contributed by atoms with Gasteiger partial charge in [0.05, 0.1) is 5.69 Å². The second-order valence-electron chi connectivity index (χ2n) is 7.04. The largest absolute Gasteiger partial charge is 0.324 e. The lowest BCUT2D eigenvalue weighted by Crippen LogP contribution is -2.32. The van der Waals surface area contributed by atoms with Crippen molar-refractivity contribution >= 4 is 23.2 Å². The van der Waals surface area contributed by atoms with Gasteiger partial charge in [0, 0.05) is 17.7 Å². The van der Waals surface area contributed by atoms with Gasteiger partial charge < -0.3 is 10.6 Å². The van der Waals surface area contributed by atoms with E-state index in [1.54, 1.807) is 6.92 Å². The third-order valence-electron chi connectivity index (χ3n) is 4.59. The summed E-state index contributed by atoms with van der Waals surface area (Å²) in [5, 5.41) is 9.77. The molecular weight excluding hydrogens is 380 g/mol. The smallest absolute Gasteiger partial charge is 0.291 e. The number of carbonyl (C=O) groups is 2. The summed E-state index contributed by atoms with van der Waals surface area (Å²) in [4.78, 5) is 37.3. The van der Waals surface area contributed by atoms with Crippen molar-refractivity contribution in [2.45, 2.75) is 33.7 Å². The van der Waals surface area contributed by atoms with Crippen LogP contribution in [0.1, 0.15) is 24.5 Å². The van der Waals surface area contributed by atoms with Gasteiger partial charge >= 0.3 is 0 Å². The molecule has 0 aliphatic carbocycles. The summed E-state index contributed by atoms with van der Waals surface area (Å²) in [6, 6.07) is 16.5. The Morgan fingerprint density at radius 2 is 1.63 bits per heavy atom. The molecule has 0 aliphatic rings. The molecule has 3 aromatic rings. The normalized spacial score (nSPS) is 10.5. The van der Waals surface area contributed by atoms with E-state index in [4.69, 9.17) is 0 Å². The van der Waals surface area contributed by atoms with Crippen LogP contribution in [0.2, 0.25) is 0 Å². The highest BCUT2D eigenvalue weighted by Gasteiger charge is 2.15. The molecule has 0 fully saturated rings. The zero-order chi connectivity index (χ0) is 21.7. The van der Waals surface area contributed by atoms with Crippen LogP contribution in [-0.2, 0) is 16.1 Å². The maximum absolute atomic E-state index is 12.8. The molecule has 0 bridgehead atoms. The Kier molecular flexibility index (Phi) is 6.41. The zero-order valence-corrected chi connectivity index (χ0v) is 17.2. The first-order valence-corrected chi connectivity index (χ1v) is 9.72. The Hall–Kier alpha value is -3.74. The van der Waals surface area contributed by atoms with E-state index in [0.29, 0.717) is 11.4 Å². The maximum atomic E-state index is 12.8.